The van der Waals surface area contributed by atoms with Crippen molar-refractivity contribution in [3.8, 4) is 5.75 Å². The van der Waals surface area contributed by atoms with Crippen LogP contribution in [-0.2, 0) is 20.7 Å². The lowest BCUT2D eigenvalue weighted by Gasteiger charge is -2.22. The molecule has 0 saturated heterocycles. The monoisotopic (exact) mass is 309 g/mol. The fourth-order valence-corrected chi connectivity index (χ4v) is 1.98. The molecule has 0 heterocycles. The third kappa shape index (κ3) is 6.13. The molecule has 6 nitrogen and oxygen atoms in total. The van der Waals surface area contributed by atoms with E-state index in [-0.39, 0.29) is 31.3 Å². The van der Waals surface area contributed by atoms with Crippen molar-refractivity contribution in [1.82, 2.24) is 4.90 Å². The van der Waals surface area contributed by atoms with Gasteiger partial charge in [-0.25, -0.2) is 0 Å². The van der Waals surface area contributed by atoms with Gasteiger partial charge in [0.2, 0.25) is 5.91 Å². The number of hydrogen-bond acceptors (Lipinski definition) is 5. The summed E-state index contributed by atoms with van der Waals surface area (Å²) in [5.74, 6) is 0.299. The summed E-state index contributed by atoms with van der Waals surface area (Å²) in [7, 11) is 2.91. The number of rotatable bonds is 9. The van der Waals surface area contributed by atoms with Crippen LogP contribution in [-0.4, -0.2) is 55.8 Å². The van der Waals surface area contributed by atoms with Crippen molar-refractivity contribution in [2.24, 2.45) is 0 Å². The van der Waals surface area contributed by atoms with Gasteiger partial charge < -0.3 is 19.5 Å². The molecule has 1 rings (SSSR count). The van der Waals surface area contributed by atoms with Crippen molar-refractivity contribution in [3.63, 3.8) is 0 Å². The molecule has 22 heavy (non-hydrogen) atoms. The first kappa shape index (κ1) is 18.0. The molecule has 1 amide bonds. The number of amides is 1. The maximum atomic E-state index is 12.3. The summed E-state index contributed by atoms with van der Waals surface area (Å²) in [5, 5.41) is 8.92. The second-order valence-corrected chi connectivity index (χ2v) is 4.81. The second-order valence-electron chi connectivity index (χ2n) is 4.81. The van der Waals surface area contributed by atoms with Crippen LogP contribution in [0.25, 0.3) is 0 Å². The summed E-state index contributed by atoms with van der Waals surface area (Å²) in [6.45, 7) is 0.717. The Hall–Kier alpha value is -2.08. The number of ether oxygens (including phenoxy) is 2. The SMILES string of the molecule is COC(=O)CCN(CCCO)C(=O)Cc1ccc(OC)cc1. The van der Waals surface area contributed by atoms with Crippen molar-refractivity contribution in [2.45, 2.75) is 19.3 Å². The Morgan fingerprint density at radius 1 is 1.14 bits per heavy atom. The van der Waals surface area contributed by atoms with Crippen LogP contribution < -0.4 is 4.74 Å². The molecule has 0 aliphatic heterocycles. The van der Waals surface area contributed by atoms with E-state index in [2.05, 4.69) is 4.74 Å². The number of carbonyl (C=O) groups is 2. The Labute approximate surface area is 130 Å². The largest absolute Gasteiger partial charge is 0.497 e. The van der Waals surface area contributed by atoms with Crippen LogP contribution in [0.15, 0.2) is 24.3 Å². The van der Waals surface area contributed by atoms with Gasteiger partial charge in [-0.3, -0.25) is 9.59 Å². The molecule has 0 atom stereocenters. The molecule has 1 aromatic rings. The molecule has 0 spiro atoms. The van der Waals surface area contributed by atoms with Gasteiger partial charge in [-0.2, -0.15) is 0 Å². The highest BCUT2D eigenvalue weighted by atomic mass is 16.5. The minimum atomic E-state index is -0.355. The normalized spacial score (nSPS) is 10.1. The van der Waals surface area contributed by atoms with Gasteiger partial charge in [0.15, 0.2) is 0 Å². The summed E-state index contributed by atoms with van der Waals surface area (Å²) in [5.41, 5.74) is 0.873. The van der Waals surface area contributed by atoms with E-state index in [1.807, 2.05) is 12.1 Å². The highest BCUT2D eigenvalue weighted by Crippen LogP contribution is 2.12. The number of carbonyl (C=O) groups excluding carboxylic acids is 2. The van der Waals surface area contributed by atoms with E-state index in [9.17, 15) is 9.59 Å². The quantitative estimate of drug-likeness (QED) is 0.689. The molecule has 1 aromatic carbocycles. The molecule has 0 aromatic heterocycles. The third-order valence-corrected chi connectivity index (χ3v) is 3.27. The van der Waals surface area contributed by atoms with E-state index >= 15 is 0 Å². The molecule has 1 N–H and O–H groups in total. The van der Waals surface area contributed by atoms with Crippen LogP contribution in [0.5, 0.6) is 5.75 Å². The van der Waals surface area contributed by atoms with E-state index in [0.29, 0.717) is 19.5 Å². The van der Waals surface area contributed by atoms with Gasteiger partial charge in [0.25, 0.3) is 0 Å². The van der Waals surface area contributed by atoms with Crippen molar-refractivity contribution < 1.29 is 24.2 Å². The first-order valence-electron chi connectivity index (χ1n) is 7.19. The van der Waals surface area contributed by atoms with Crippen molar-refractivity contribution in [2.75, 3.05) is 33.9 Å². The fraction of sp³-hybridized carbons (Fsp3) is 0.500. The van der Waals surface area contributed by atoms with Crippen molar-refractivity contribution in [3.05, 3.63) is 29.8 Å². The Bertz CT molecular complexity index is 472. The topological polar surface area (TPSA) is 76.1 Å². The van der Waals surface area contributed by atoms with E-state index in [4.69, 9.17) is 9.84 Å². The molecule has 0 unspecified atom stereocenters. The number of hydrogen-bond donors (Lipinski definition) is 1. The van der Waals surface area contributed by atoms with Gasteiger partial charge in [-0.1, -0.05) is 12.1 Å². The van der Waals surface area contributed by atoms with Gasteiger partial charge in [0.1, 0.15) is 5.75 Å². The van der Waals surface area contributed by atoms with Crippen LogP contribution in [0.4, 0.5) is 0 Å². The third-order valence-electron chi connectivity index (χ3n) is 3.27. The van der Waals surface area contributed by atoms with Gasteiger partial charge >= 0.3 is 5.97 Å². The molecule has 0 aliphatic rings. The van der Waals surface area contributed by atoms with Crippen LogP contribution in [0.3, 0.4) is 0 Å². The Morgan fingerprint density at radius 2 is 1.82 bits per heavy atom. The summed E-state index contributed by atoms with van der Waals surface area (Å²) in [6, 6.07) is 7.27. The standard InChI is InChI=1S/C16H23NO5/c1-21-14-6-4-13(5-7-14)12-15(19)17(9-3-11-18)10-8-16(20)22-2/h4-7,18H,3,8-12H2,1-2H3. The minimum absolute atomic E-state index is 0.00450. The molecule has 0 aliphatic carbocycles. The molecule has 6 heteroatoms. The summed E-state index contributed by atoms with van der Waals surface area (Å²) in [6.07, 6.45) is 0.877. The number of benzene rings is 1. The number of methoxy groups -OCH3 is 2. The van der Waals surface area contributed by atoms with Gasteiger partial charge in [-0.15, -0.1) is 0 Å². The lowest BCUT2D eigenvalue weighted by atomic mass is 10.1. The first-order chi connectivity index (χ1) is 10.6. The molecule has 122 valence electrons. The highest BCUT2D eigenvalue weighted by Gasteiger charge is 2.15. The smallest absolute Gasteiger partial charge is 0.307 e. The molecular formula is C16H23NO5. The fourth-order valence-electron chi connectivity index (χ4n) is 1.98. The van der Waals surface area contributed by atoms with Crippen molar-refractivity contribution in [1.29, 1.82) is 0 Å². The van der Waals surface area contributed by atoms with E-state index in [0.717, 1.165) is 11.3 Å². The van der Waals surface area contributed by atoms with Gasteiger partial charge in [0.05, 0.1) is 27.1 Å². The molecule has 0 radical (unpaired) electrons. The number of aliphatic hydroxyl groups is 1. The van der Waals surface area contributed by atoms with Crippen LogP contribution in [0, 0.1) is 0 Å². The average molecular weight is 309 g/mol. The first-order valence-corrected chi connectivity index (χ1v) is 7.19. The Morgan fingerprint density at radius 3 is 2.36 bits per heavy atom. The van der Waals surface area contributed by atoms with E-state index in [1.165, 1.54) is 7.11 Å². The van der Waals surface area contributed by atoms with Crippen LogP contribution in [0.2, 0.25) is 0 Å². The molecular weight excluding hydrogens is 286 g/mol. The maximum absolute atomic E-state index is 12.3. The van der Waals surface area contributed by atoms with Crippen molar-refractivity contribution >= 4 is 11.9 Å². The summed E-state index contributed by atoms with van der Waals surface area (Å²) in [4.78, 5) is 25.1. The predicted octanol–water partition coefficient (Wildman–Crippen LogP) is 1.01. The Kier molecular flexibility index (Phi) is 7.99. The second kappa shape index (κ2) is 9.78. The molecule has 0 saturated carbocycles. The average Bonchev–Trinajstić information content (AvgIpc) is 2.55. The maximum Gasteiger partial charge on any atom is 0.307 e. The van der Waals surface area contributed by atoms with Crippen LogP contribution in [0.1, 0.15) is 18.4 Å². The van der Waals surface area contributed by atoms with E-state index in [1.54, 1.807) is 24.1 Å². The molecule has 0 bridgehead atoms. The highest BCUT2D eigenvalue weighted by molar-refractivity contribution is 5.79. The lowest BCUT2D eigenvalue weighted by Crippen LogP contribution is -2.35. The number of esters is 1. The lowest BCUT2D eigenvalue weighted by molar-refractivity contribution is -0.141. The summed E-state index contributed by atoms with van der Waals surface area (Å²) >= 11 is 0. The Balaban J connectivity index is 2.62. The van der Waals surface area contributed by atoms with E-state index < -0.39 is 0 Å². The zero-order chi connectivity index (χ0) is 16.4. The molecule has 0 fully saturated rings. The van der Waals surface area contributed by atoms with Gasteiger partial charge in [0, 0.05) is 19.7 Å². The number of aliphatic hydroxyl groups excluding tert-OH is 1. The summed E-state index contributed by atoms with van der Waals surface area (Å²) < 4.78 is 9.67. The zero-order valence-corrected chi connectivity index (χ0v) is 13.1. The minimum Gasteiger partial charge on any atom is -0.497 e. The zero-order valence-electron chi connectivity index (χ0n) is 13.1. The van der Waals surface area contributed by atoms with Gasteiger partial charge in [-0.05, 0) is 24.1 Å². The van der Waals surface area contributed by atoms with Crippen LogP contribution >= 0.6 is 0 Å². The number of nitrogens with zero attached hydrogens (tertiary/aromatic N) is 1. The predicted molar refractivity (Wildman–Crippen MR) is 81.6 cm³/mol.